The highest BCUT2D eigenvalue weighted by molar-refractivity contribution is 5.75. The Hall–Kier alpha value is -1.59. The molecule has 0 radical (unpaired) electrons. The van der Waals surface area contributed by atoms with Gasteiger partial charge in [0, 0.05) is 12.1 Å². The molecule has 116 valence electrons. The molecule has 1 aromatic carbocycles. The molecule has 0 unspecified atom stereocenters. The van der Waals surface area contributed by atoms with Crippen molar-refractivity contribution in [2.45, 2.75) is 38.3 Å². The maximum atomic E-state index is 11.0. The number of rotatable bonds is 5. The van der Waals surface area contributed by atoms with Gasteiger partial charge >= 0.3 is 5.97 Å². The van der Waals surface area contributed by atoms with Gasteiger partial charge in [-0.15, -0.1) is 0 Å². The minimum atomic E-state index is -1.01. The van der Waals surface area contributed by atoms with E-state index in [9.17, 15) is 4.79 Å². The first kappa shape index (κ1) is 15.8. The molecule has 5 nitrogen and oxygen atoms in total. The minimum Gasteiger partial charge on any atom is -0.496 e. The van der Waals surface area contributed by atoms with E-state index in [1.807, 2.05) is 12.1 Å². The zero-order valence-corrected chi connectivity index (χ0v) is 12.5. The van der Waals surface area contributed by atoms with Crippen molar-refractivity contribution in [2.75, 3.05) is 20.2 Å². The van der Waals surface area contributed by atoms with Gasteiger partial charge in [-0.25, -0.2) is 0 Å². The van der Waals surface area contributed by atoms with Crippen molar-refractivity contribution in [1.82, 2.24) is 4.90 Å². The number of hydrogen-bond donors (Lipinski definition) is 2. The van der Waals surface area contributed by atoms with E-state index >= 15 is 0 Å². The monoisotopic (exact) mass is 292 g/mol. The largest absolute Gasteiger partial charge is 0.496 e. The van der Waals surface area contributed by atoms with E-state index in [2.05, 4.69) is 4.90 Å². The number of aliphatic carboxylic acids is 1. The number of ether oxygens (including phenoxy) is 1. The van der Waals surface area contributed by atoms with Crippen LogP contribution < -0.4 is 10.5 Å². The molecule has 0 bridgehead atoms. The number of carboxylic acids is 1. The van der Waals surface area contributed by atoms with Crippen LogP contribution in [0.25, 0.3) is 0 Å². The Bertz CT molecular complexity index is 482. The minimum absolute atomic E-state index is 0.619. The molecule has 0 amide bonds. The molecule has 1 saturated heterocycles. The Morgan fingerprint density at radius 2 is 2.00 bits per heavy atom. The van der Waals surface area contributed by atoms with Crippen LogP contribution in [0.2, 0.25) is 0 Å². The van der Waals surface area contributed by atoms with Gasteiger partial charge in [0.25, 0.3) is 0 Å². The second kappa shape index (κ2) is 7.43. The molecular weight excluding hydrogens is 268 g/mol. The maximum absolute atomic E-state index is 11.0. The van der Waals surface area contributed by atoms with Gasteiger partial charge in [0.2, 0.25) is 0 Å². The van der Waals surface area contributed by atoms with Crippen LogP contribution >= 0.6 is 0 Å². The SMILES string of the molecule is COc1ccc([C@H](N)C(=O)O)cc1CN1CCCCCC1. The first-order valence-electron chi connectivity index (χ1n) is 7.49. The van der Waals surface area contributed by atoms with Crippen LogP contribution in [0.15, 0.2) is 18.2 Å². The molecule has 0 saturated carbocycles. The molecule has 2 rings (SSSR count). The number of carbonyl (C=O) groups is 1. The van der Waals surface area contributed by atoms with Crippen molar-refractivity contribution in [3.8, 4) is 5.75 Å². The summed E-state index contributed by atoms with van der Waals surface area (Å²) in [5, 5.41) is 9.04. The number of likely N-dealkylation sites (tertiary alicyclic amines) is 1. The van der Waals surface area contributed by atoms with Crippen molar-refractivity contribution in [1.29, 1.82) is 0 Å². The number of methoxy groups -OCH3 is 1. The molecular formula is C16H24N2O3. The summed E-state index contributed by atoms with van der Waals surface area (Å²) >= 11 is 0. The van der Waals surface area contributed by atoms with Gasteiger partial charge in [-0.2, -0.15) is 0 Å². The molecule has 1 aliphatic heterocycles. The highest BCUT2D eigenvalue weighted by Crippen LogP contribution is 2.25. The van der Waals surface area contributed by atoms with Gasteiger partial charge in [-0.1, -0.05) is 18.9 Å². The van der Waals surface area contributed by atoms with Crippen molar-refractivity contribution in [3.63, 3.8) is 0 Å². The number of nitrogens with two attached hydrogens (primary N) is 1. The third-order valence-corrected chi connectivity index (χ3v) is 4.02. The third kappa shape index (κ3) is 4.19. The van der Waals surface area contributed by atoms with Gasteiger partial charge in [-0.05, 0) is 43.6 Å². The van der Waals surface area contributed by atoms with E-state index < -0.39 is 12.0 Å². The Morgan fingerprint density at radius 1 is 1.33 bits per heavy atom. The van der Waals surface area contributed by atoms with Gasteiger partial charge in [0.05, 0.1) is 7.11 Å². The summed E-state index contributed by atoms with van der Waals surface area (Å²) in [7, 11) is 1.64. The van der Waals surface area contributed by atoms with E-state index in [0.29, 0.717) is 5.56 Å². The summed E-state index contributed by atoms with van der Waals surface area (Å²) in [5.41, 5.74) is 7.33. The molecule has 1 atom stereocenters. The van der Waals surface area contributed by atoms with Gasteiger partial charge in [0.15, 0.2) is 0 Å². The molecule has 21 heavy (non-hydrogen) atoms. The van der Waals surface area contributed by atoms with Crippen molar-refractivity contribution < 1.29 is 14.6 Å². The summed E-state index contributed by atoms with van der Waals surface area (Å²) in [5.74, 6) is -0.221. The highest BCUT2D eigenvalue weighted by atomic mass is 16.5. The Morgan fingerprint density at radius 3 is 2.57 bits per heavy atom. The van der Waals surface area contributed by atoms with Gasteiger partial charge in [0.1, 0.15) is 11.8 Å². The molecule has 0 spiro atoms. The molecule has 0 aromatic heterocycles. The topological polar surface area (TPSA) is 75.8 Å². The fourth-order valence-electron chi connectivity index (χ4n) is 2.79. The lowest BCUT2D eigenvalue weighted by atomic mass is 10.0. The fourth-order valence-corrected chi connectivity index (χ4v) is 2.79. The summed E-state index contributed by atoms with van der Waals surface area (Å²) in [6.45, 7) is 2.94. The van der Waals surface area contributed by atoms with Crippen molar-refractivity contribution in [2.24, 2.45) is 5.73 Å². The average Bonchev–Trinajstić information content (AvgIpc) is 2.75. The lowest BCUT2D eigenvalue weighted by Crippen LogP contribution is -2.25. The molecule has 1 fully saturated rings. The first-order valence-corrected chi connectivity index (χ1v) is 7.49. The second-order valence-electron chi connectivity index (χ2n) is 5.58. The summed E-state index contributed by atoms with van der Waals surface area (Å²) in [4.78, 5) is 13.4. The van der Waals surface area contributed by atoms with Gasteiger partial charge < -0.3 is 15.6 Å². The fraction of sp³-hybridized carbons (Fsp3) is 0.562. The van der Waals surface area contributed by atoms with Crippen LogP contribution in [0.3, 0.4) is 0 Å². The number of benzene rings is 1. The average molecular weight is 292 g/mol. The van der Waals surface area contributed by atoms with Gasteiger partial charge in [-0.3, -0.25) is 9.69 Å². The number of carboxylic acid groups (broad SMARTS) is 1. The Labute approximate surface area is 125 Å². The quantitative estimate of drug-likeness (QED) is 0.869. The van der Waals surface area contributed by atoms with Crippen LogP contribution in [0.4, 0.5) is 0 Å². The summed E-state index contributed by atoms with van der Waals surface area (Å²) in [6.07, 6.45) is 5.02. The first-order chi connectivity index (χ1) is 10.1. The molecule has 1 heterocycles. The zero-order valence-electron chi connectivity index (χ0n) is 12.5. The standard InChI is InChI=1S/C16H24N2O3/c1-21-14-7-6-12(15(17)16(19)20)10-13(14)11-18-8-4-2-3-5-9-18/h6-7,10,15H,2-5,8-9,11,17H2,1H3,(H,19,20)/t15-/m0/s1. The molecule has 5 heteroatoms. The Balaban J connectivity index is 2.18. The predicted octanol–water partition coefficient (Wildman–Crippen LogP) is 2.16. The highest BCUT2D eigenvalue weighted by Gasteiger charge is 2.18. The van der Waals surface area contributed by atoms with E-state index in [4.69, 9.17) is 15.6 Å². The normalized spacial score (nSPS) is 18.0. The van der Waals surface area contributed by atoms with Crippen LogP contribution in [-0.4, -0.2) is 36.2 Å². The van der Waals surface area contributed by atoms with E-state index in [1.54, 1.807) is 13.2 Å². The van der Waals surface area contributed by atoms with E-state index in [-0.39, 0.29) is 0 Å². The molecule has 3 N–H and O–H groups in total. The van der Waals surface area contributed by atoms with Crippen molar-refractivity contribution >= 4 is 5.97 Å². The summed E-state index contributed by atoms with van der Waals surface area (Å²) < 4.78 is 5.40. The zero-order chi connectivity index (χ0) is 15.2. The second-order valence-corrected chi connectivity index (χ2v) is 5.58. The predicted molar refractivity (Wildman–Crippen MR) is 81.3 cm³/mol. The van der Waals surface area contributed by atoms with Crippen LogP contribution in [0, 0.1) is 0 Å². The third-order valence-electron chi connectivity index (χ3n) is 4.02. The summed E-state index contributed by atoms with van der Waals surface area (Å²) in [6, 6.07) is 4.41. The smallest absolute Gasteiger partial charge is 0.325 e. The number of nitrogens with zero attached hydrogens (tertiary/aromatic N) is 1. The molecule has 1 aromatic rings. The molecule has 1 aliphatic rings. The lowest BCUT2D eigenvalue weighted by Gasteiger charge is -2.22. The van der Waals surface area contributed by atoms with Crippen molar-refractivity contribution in [3.05, 3.63) is 29.3 Å². The van der Waals surface area contributed by atoms with E-state index in [1.165, 1.54) is 25.7 Å². The Kier molecular flexibility index (Phi) is 5.59. The molecule has 0 aliphatic carbocycles. The van der Waals surface area contributed by atoms with Crippen LogP contribution in [-0.2, 0) is 11.3 Å². The van der Waals surface area contributed by atoms with E-state index in [0.717, 1.165) is 30.9 Å². The maximum Gasteiger partial charge on any atom is 0.325 e. The lowest BCUT2D eigenvalue weighted by molar-refractivity contribution is -0.138. The van der Waals surface area contributed by atoms with Crippen LogP contribution in [0.5, 0.6) is 5.75 Å². The van der Waals surface area contributed by atoms with Crippen LogP contribution in [0.1, 0.15) is 42.9 Å². The number of hydrogen-bond acceptors (Lipinski definition) is 4.